The van der Waals surface area contributed by atoms with E-state index in [1.807, 2.05) is 23.9 Å². The third-order valence-electron chi connectivity index (χ3n) is 3.16. The van der Waals surface area contributed by atoms with Gasteiger partial charge in [0.15, 0.2) is 0 Å². The molecule has 18 heavy (non-hydrogen) atoms. The van der Waals surface area contributed by atoms with E-state index < -0.39 is 0 Å². The van der Waals surface area contributed by atoms with Crippen LogP contribution >= 0.6 is 23.4 Å². The van der Waals surface area contributed by atoms with E-state index in [1.54, 1.807) is 6.20 Å². The summed E-state index contributed by atoms with van der Waals surface area (Å²) in [7, 11) is 2.19. The first-order valence-corrected chi connectivity index (χ1v) is 7.75. The molecule has 1 saturated heterocycles. The zero-order valence-corrected chi connectivity index (χ0v) is 12.4. The highest BCUT2D eigenvalue weighted by atomic mass is 35.5. The number of thioether (sulfide) groups is 1. The molecule has 2 heterocycles. The predicted molar refractivity (Wildman–Crippen MR) is 78.5 cm³/mol. The number of piperazine rings is 1. The largest absolute Gasteiger partial charge is 0.304 e. The van der Waals surface area contributed by atoms with Crippen LogP contribution in [0.1, 0.15) is 6.42 Å². The highest BCUT2D eigenvalue weighted by molar-refractivity contribution is 7.99. The molecule has 5 heteroatoms. The van der Waals surface area contributed by atoms with Gasteiger partial charge in [0.2, 0.25) is 0 Å². The van der Waals surface area contributed by atoms with E-state index >= 15 is 0 Å². The van der Waals surface area contributed by atoms with Gasteiger partial charge in [-0.25, -0.2) is 4.98 Å². The molecule has 0 atom stereocenters. The lowest BCUT2D eigenvalue weighted by Crippen LogP contribution is -2.44. The molecule has 2 rings (SSSR count). The van der Waals surface area contributed by atoms with Gasteiger partial charge in [-0.15, -0.1) is 11.8 Å². The van der Waals surface area contributed by atoms with Crippen molar-refractivity contribution < 1.29 is 0 Å². The molecule has 0 aromatic carbocycles. The average Bonchev–Trinajstić information content (AvgIpc) is 2.39. The monoisotopic (exact) mass is 285 g/mol. The quantitative estimate of drug-likeness (QED) is 0.611. The lowest BCUT2D eigenvalue weighted by atomic mass is 10.3. The van der Waals surface area contributed by atoms with Crippen molar-refractivity contribution in [1.29, 1.82) is 0 Å². The summed E-state index contributed by atoms with van der Waals surface area (Å²) in [6.07, 6.45) is 2.93. The zero-order chi connectivity index (χ0) is 12.8. The maximum atomic E-state index is 5.80. The third-order valence-corrected chi connectivity index (χ3v) is 4.42. The topological polar surface area (TPSA) is 19.4 Å². The molecule has 0 aliphatic carbocycles. The second-order valence-electron chi connectivity index (χ2n) is 4.66. The number of likely N-dealkylation sites (N-methyl/N-ethyl adjacent to an activating group) is 1. The fraction of sp³-hybridized carbons (Fsp3) is 0.615. The highest BCUT2D eigenvalue weighted by Crippen LogP contribution is 2.18. The fourth-order valence-corrected chi connectivity index (χ4v) is 2.87. The van der Waals surface area contributed by atoms with E-state index in [0.717, 1.165) is 10.8 Å². The molecule has 100 valence electrons. The van der Waals surface area contributed by atoms with Crippen LogP contribution < -0.4 is 0 Å². The Bertz CT molecular complexity index is 350. The minimum Gasteiger partial charge on any atom is -0.304 e. The summed E-state index contributed by atoms with van der Waals surface area (Å²) < 4.78 is 0. The Kier molecular flexibility index (Phi) is 5.76. The van der Waals surface area contributed by atoms with Crippen LogP contribution in [0, 0.1) is 0 Å². The number of rotatable bonds is 5. The number of nitrogens with zero attached hydrogens (tertiary/aromatic N) is 3. The molecule has 0 amide bonds. The number of pyridine rings is 1. The minimum atomic E-state index is 0.705. The molecule has 0 bridgehead atoms. The molecular formula is C13H20ClN3S. The van der Waals surface area contributed by atoms with Crippen molar-refractivity contribution in [2.24, 2.45) is 0 Å². The van der Waals surface area contributed by atoms with Crippen molar-refractivity contribution in [3.63, 3.8) is 0 Å². The van der Waals surface area contributed by atoms with Crippen molar-refractivity contribution in [3.8, 4) is 0 Å². The molecule has 0 saturated carbocycles. The first-order valence-electron chi connectivity index (χ1n) is 6.39. The Hall–Kier alpha value is -0.290. The summed E-state index contributed by atoms with van der Waals surface area (Å²) in [5.74, 6) is 1.13. The summed E-state index contributed by atoms with van der Waals surface area (Å²) >= 11 is 7.62. The fourth-order valence-electron chi connectivity index (χ4n) is 1.98. The maximum absolute atomic E-state index is 5.80. The Labute approximate surface area is 119 Å². The molecule has 0 unspecified atom stereocenters. The third kappa shape index (κ3) is 4.76. The Morgan fingerprint density at radius 1 is 1.28 bits per heavy atom. The van der Waals surface area contributed by atoms with E-state index in [-0.39, 0.29) is 0 Å². The average molecular weight is 286 g/mol. The normalized spacial score (nSPS) is 18.1. The SMILES string of the molecule is CN1CCN(CCCSc2ccc(Cl)cn2)CC1. The molecule has 0 radical (unpaired) electrons. The van der Waals surface area contributed by atoms with E-state index in [1.165, 1.54) is 39.1 Å². The van der Waals surface area contributed by atoms with Crippen LogP contribution in [0.25, 0.3) is 0 Å². The van der Waals surface area contributed by atoms with Gasteiger partial charge in [0, 0.05) is 38.1 Å². The van der Waals surface area contributed by atoms with Gasteiger partial charge in [-0.3, -0.25) is 0 Å². The summed E-state index contributed by atoms with van der Waals surface area (Å²) in [4.78, 5) is 9.23. The molecule has 1 aliphatic rings. The van der Waals surface area contributed by atoms with E-state index in [0.29, 0.717) is 5.02 Å². The van der Waals surface area contributed by atoms with Gasteiger partial charge >= 0.3 is 0 Å². The molecular weight excluding hydrogens is 266 g/mol. The second kappa shape index (κ2) is 7.34. The molecule has 1 aromatic rings. The van der Waals surface area contributed by atoms with Gasteiger partial charge in [0.1, 0.15) is 0 Å². The van der Waals surface area contributed by atoms with Crippen LogP contribution in [0.5, 0.6) is 0 Å². The highest BCUT2D eigenvalue weighted by Gasteiger charge is 2.12. The number of halogens is 1. The van der Waals surface area contributed by atoms with E-state index in [9.17, 15) is 0 Å². The van der Waals surface area contributed by atoms with Crippen LogP contribution in [0.2, 0.25) is 5.02 Å². The van der Waals surface area contributed by atoms with Crippen molar-refractivity contribution in [2.45, 2.75) is 11.4 Å². The van der Waals surface area contributed by atoms with Gasteiger partial charge in [0.05, 0.1) is 10.0 Å². The molecule has 3 nitrogen and oxygen atoms in total. The van der Waals surface area contributed by atoms with Gasteiger partial charge in [-0.2, -0.15) is 0 Å². The second-order valence-corrected chi connectivity index (χ2v) is 6.21. The summed E-state index contributed by atoms with van der Waals surface area (Å²) in [5, 5.41) is 1.77. The number of hydrogen-bond acceptors (Lipinski definition) is 4. The van der Waals surface area contributed by atoms with Gasteiger partial charge in [0.25, 0.3) is 0 Å². The standard InChI is InChI=1S/C13H20ClN3S/c1-16-6-8-17(9-7-16)5-2-10-18-13-4-3-12(14)11-15-13/h3-4,11H,2,5-10H2,1H3. The van der Waals surface area contributed by atoms with Crippen molar-refractivity contribution in [2.75, 3.05) is 45.5 Å². The van der Waals surface area contributed by atoms with Gasteiger partial charge in [-0.05, 0) is 32.1 Å². The first-order chi connectivity index (χ1) is 8.74. The van der Waals surface area contributed by atoms with Crippen LogP contribution in [-0.4, -0.2) is 60.3 Å². The molecule has 1 aliphatic heterocycles. The predicted octanol–water partition coefficient (Wildman–Crippen LogP) is 2.46. The van der Waals surface area contributed by atoms with Crippen LogP contribution in [-0.2, 0) is 0 Å². The molecule has 0 spiro atoms. The molecule has 0 N–H and O–H groups in total. The lowest BCUT2D eigenvalue weighted by molar-refractivity contribution is 0.154. The first kappa shape index (κ1) is 14.1. The van der Waals surface area contributed by atoms with E-state index in [2.05, 4.69) is 21.8 Å². The minimum absolute atomic E-state index is 0.705. The molecule has 1 aromatic heterocycles. The number of aromatic nitrogens is 1. The number of hydrogen-bond donors (Lipinski definition) is 0. The zero-order valence-electron chi connectivity index (χ0n) is 10.8. The van der Waals surface area contributed by atoms with Gasteiger partial charge < -0.3 is 9.80 Å². The molecule has 1 fully saturated rings. The Morgan fingerprint density at radius 2 is 2.06 bits per heavy atom. The summed E-state index contributed by atoms with van der Waals surface area (Å²) in [6.45, 7) is 6.02. The van der Waals surface area contributed by atoms with Crippen molar-refractivity contribution >= 4 is 23.4 Å². The van der Waals surface area contributed by atoms with Gasteiger partial charge in [-0.1, -0.05) is 11.6 Å². The Morgan fingerprint density at radius 3 is 2.72 bits per heavy atom. The summed E-state index contributed by atoms with van der Waals surface area (Å²) in [5.41, 5.74) is 0. The summed E-state index contributed by atoms with van der Waals surface area (Å²) in [6, 6.07) is 3.89. The maximum Gasteiger partial charge on any atom is 0.0960 e. The van der Waals surface area contributed by atoms with E-state index in [4.69, 9.17) is 11.6 Å². The Balaban J connectivity index is 1.60. The van der Waals surface area contributed by atoms with Crippen LogP contribution in [0.15, 0.2) is 23.4 Å². The lowest BCUT2D eigenvalue weighted by Gasteiger charge is -2.32. The van der Waals surface area contributed by atoms with Crippen molar-refractivity contribution in [1.82, 2.24) is 14.8 Å². The van der Waals surface area contributed by atoms with Crippen LogP contribution in [0.4, 0.5) is 0 Å². The smallest absolute Gasteiger partial charge is 0.0960 e. The van der Waals surface area contributed by atoms with Crippen molar-refractivity contribution in [3.05, 3.63) is 23.4 Å². The van der Waals surface area contributed by atoms with Crippen LogP contribution in [0.3, 0.4) is 0 Å².